The molecule has 0 atom stereocenters. The second-order valence-corrected chi connectivity index (χ2v) is 7.65. The van der Waals surface area contributed by atoms with Crippen LogP contribution in [0.1, 0.15) is 16.9 Å². The number of hydrogen-bond donors (Lipinski definition) is 0. The summed E-state index contributed by atoms with van der Waals surface area (Å²) < 4.78 is 37.2. The molecule has 1 aromatic rings. The largest absolute Gasteiger partial charge is 0.385 e. The van der Waals surface area contributed by atoms with Crippen molar-refractivity contribution in [2.75, 3.05) is 40.5 Å². The predicted molar refractivity (Wildman–Crippen MR) is 85.7 cm³/mol. The van der Waals surface area contributed by atoms with Crippen LogP contribution in [0.15, 0.2) is 10.3 Å². The molecular weight excluding hydrogens is 334 g/mol. The van der Waals surface area contributed by atoms with E-state index in [4.69, 9.17) is 21.1 Å². The maximum Gasteiger partial charge on any atom is 0.244 e. The number of thiophene rings is 1. The van der Waals surface area contributed by atoms with Crippen molar-refractivity contribution in [1.29, 1.82) is 0 Å². The smallest absolute Gasteiger partial charge is 0.244 e. The standard InChI is InChI=1S/C13H22ClNO4S2/c1-11-10-20-12(9-14)13(11)21(16,17)15(6-8-19-3)5-4-7-18-2/h10H,4-9H2,1-3H3. The molecule has 1 rings (SSSR count). The van der Waals surface area contributed by atoms with Gasteiger partial charge in [-0.15, -0.1) is 22.9 Å². The van der Waals surface area contributed by atoms with Crippen LogP contribution in [0.25, 0.3) is 0 Å². The molecule has 8 heteroatoms. The molecule has 0 aromatic carbocycles. The Balaban J connectivity index is 3.04. The molecule has 0 bridgehead atoms. The molecule has 0 N–H and O–H groups in total. The third kappa shape index (κ3) is 4.91. The molecule has 0 amide bonds. The first-order valence-electron chi connectivity index (χ1n) is 6.60. The van der Waals surface area contributed by atoms with E-state index in [2.05, 4.69) is 0 Å². The van der Waals surface area contributed by atoms with Gasteiger partial charge in [0.2, 0.25) is 10.0 Å². The molecule has 0 unspecified atom stereocenters. The number of alkyl halides is 1. The number of ether oxygens (including phenoxy) is 2. The number of methoxy groups -OCH3 is 2. The van der Waals surface area contributed by atoms with Gasteiger partial charge in [-0.25, -0.2) is 8.42 Å². The van der Waals surface area contributed by atoms with E-state index in [-0.39, 0.29) is 5.88 Å². The van der Waals surface area contributed by atoms with E-state index in [1.54, 1.807) is 21.1 Å². The number of halogens is 1. The van der Waals surface area contributed by atoms with Gasteiger partial charge in [-0.05, 0) is 24.3 Å². The van der Waals surface area contributed by atoms with Crippen molar-refractivity contribution in [3.8, 4) is 0 Å². The molecule has 0 aliphatic rings. The monoisotopic (exact) mass is 355 g/mol. The van der Waals surface area contributed by atoms with Crippen LogP contribution < -0.4 is 0 Å². The van der Waals surface area contributed by atoms with E-state index in [0.717, 1.165) is 5.56 Å². The second-order valence-electron chi connectivity index (χ2n) is 4.55. The summed E-state index contributed by atoms with van der Waals surface area (Å²) in [6, 6.07) is 0. The van der Waals surface area contributed by atoms with Gasteiger partial charge in [0.15, 0.2) is 0 Å². The van der Waals surface area contributed by atoms with E-state index in [0.29, 0.717) is 42.5 Å². The lowest BCUT2D eigenvalue weighted by molar-refractivity contribution is 0.164. The van der Waals surface area contributed by atoms with Gasteiger partial charge in [0, 0.05) is 38.8 Å². The average Bonchev–Trinajstić information content (AvgIpc) is 2.84. The molecule has 0 saturated carbocycles. The van der Waals surface area contributed by atoms with Crippen LogP contribution in [0.5, 0.6) is 0 Å². The highest BCUT2D eigenvalue weighted by Gasteiger charge is 2.29. The van der Waals surface area contributed by atoms with Crippen LogP contribution in [0.4, 0.5) is 0 Å². The second kappa shape index (κ2) is 9.07. The zero-order valence-electron chi connectivity index (χ0n) is 12.6. The Morgan fingerprint density at radius 3 is 2.48 bits per heavy atom. The molecule has 5 nitrogen and oxygen atoms in total. The Bertz CT molecular complexity index is 530. The maximum atomic E-state index is 12.9. The molecule has 0 fully saturated rings. The lowest BCUT2D eigenvalue weighted by atomic mass is 10.3. The third-order valence-electron chi connectivity index (χ3n) is 3.01. The van der Waals surface area contributed by atoms with Gasteiger partial charge in [-0.3, -0.25) is 0 Å². The molecule has 0 radical (unpaired) electrons. The minimum Gasteiger partial charge on any atom is -0.385 e. The Morgan fingerprint density at radius 2 is 1.90 bits per heavy atom. The molecular formula is C13H22ClNO4S2. The lowest BCUT2D eigenvalue weighted by Crippen LogP contribution is -2.35. The normalized spacial score (nSPS) is 12.2. The van der Waals surface area contributed by atoms with Gasteiger partial charge in [0.25, 0.3) is 0 Å². The Labute approximate surface area is 135 Å². The van der Waals surface area contributed by atoms with Crippen LogP contribution in [-0.2, 0) is 25.4 Å². The van der Waals surface area contributed by atoms with Crippen molar-refractivity contribution >= 4 is 33.0 Å². The first-order valence-corrected chi connectivity index (χ1v) is 9.45. The summed E-state index contributed by atoms with van der Waals surface area (Å²) in [4.78, 5) is 1.03. The number of sulfonamides is 1. The van der Waals surface area contributed by atoms with Crippen LogP contribution in [0.2, 0.25) is 0 Å². The Hall–Kier alpha value is -0.180. The first-order chi connectivity index (χ1) is 9.98. The summed E-state index contributed by atoms with van der Waals surface area (Å²) >= 11 is 7.25. The molecule has 0 saturated heterocycles. The van der Waals surface area contributed by atoms with Gasteiger partial charge in [-0.2, -0.15) is 4.31 Å². The molecule has 21 heavy (non-hydrogen) atoms. The van der Waals surface area contributed by atoms with E-state index in [1.165, 1.54) is 15.6 Å². The number of nitrogens with zero attached hydrogens (tertiary/aromatic N) is 1. The summed E-state index contributed by atoms with van der Waals surface area (Å²) in [5.41, 5.74) is 0.741. The molecule has 122 valence electrons. The summed E-state index contributed by atoms with van der Waals surface area (Å²) in [5.74, 6) is 0.198. The quantitative estimate of drug-likeness (QED) is 0.478. The highest BCUT2D eigenvalue weighted by Crippen LogP contribution is 2.30. The van der Waals surface area contributed by atoms with Gasteiger partial charge < -0.3 is 9.47 Å². The lowest BCUT2D eigenvalue weighted by Gasteiger charge is -2.22. The van der Waals surface area contributed by atoms with E-state index < -0.39 is 10.0 Å². The van der Waals surface area contributed by atoms with E-state index in [9.17, 15) is 8.42 Å². The van der Waals surface area contributed by atoms with Crippen LogP contribution in [0, 0.1) is 6.92 Å². The fraction of sp³-hybridized carbons (Fsp3) is 0.692. The molecule has 1 heterocycles. The van der Waals surface area contributed by atoms with Crippen LogP contribution in [0.3, 0.4) is 0 Å². The zero-order valence-corrected chi connectivity index (χ0v) is 15.0. The summed E-state index contributed by atoms with van der Waals surface area (Å²) in [7, 11) is -0.405. The zero-order chi connectivity index (χ0) is 15.9. The van der Waals surface area contributed by atoms with E-state index >= 15 is 0 Å². The fourth-order valence-electron chi connectivity index (χ4n) is 1.99. The van der Waals surface area contributed by atoms with Gasteiger partial charge in [-0.1, -0.05) is 0 Å². The average molecular weight is 356 g/mol. The summed E-state index contributed by atoms with van der Waals surface area (Å²) in [6.07, 6.45) is 0.638. The van der Waals surface area contributed by atoms with Crippen molar-refractivity contribution in [2.24, 2.45) is 0 Å². The maximum absolute atomic E-state index is 12.9. The molecule has 0 aliphatic heterocycles. The Morgan fingerprint density at radius 1 is 1.24 bits per heavy atom. The van der Waals surface area contributed by atoms with Crippen molar-refractivity contribution in [3.63, 3.8) is 0 Å². The fourth-order valence-corrected chi connectivity index (χ4v) is 5.46. The highest BCUT2D eigenvalue weighted by atomic mass is 35.5. The predicted octanol–water partition coefficient (Wildman–Crippen LogP) is 2.47. The van der Waals surface area contributed by atoms with Gasteiger partial charge in [0.05, 0.1) is 12.5 Å². The van der Waals surface area contributed by atoms with Crippen LogP contribution in [-0.4, -0.2) is 53.2 Å². The minimum atomic E-state index is -3.56. The SMILES string of the molecule is COCCCN(CCOC)S(=O)(=O)c1c(C)csc1CCl. The summed E-state index contributed by atoms with van der Waals surface area (Å²) in [6.45, 7) is 3.38. The van der Waals surface area contributed by atoms with Crippen molar-refractivity contribution in [2.45, 2.75) is 24.1 Å². The van der Waals surface area contributed by atoms with Crippen molar-refractivity contribution in [3.05, 3.63) is 15.8 Å². The minimum absolute atomic E-state index is 0.198. The van der Waals surface area contributed by atoms with Crippen molar-refractivity contribution in [1.82, 2.24) is 4.31 Å². The number of aryl methyl sites for hydroxylation is 1. The number of hydrogen-bond acceptors (Lipinski definition) is 5. The first kappa shape index (κ1) is 18.9. The Kier molecular flexibility index (Phi) is 8.15. The van der Waals surface area contributed by atoms with Crippen molar-refractivity contribution < 1.29 is 17.9 Å². The van der Waals surface area contributed by atoms with Gasteiger partial charge in [0.1, 0.15) is 4.90 Å². The van der Waals surface area contributed by atoms with Gasteiger partial charge >= 0.3 is 0 Å². The topological polar surface area (TPSA) is 55.8 Å². The molecule has 1 aromatic heterocycles. The molecule has 0 spiro atoms. The molecule has 0 aliphatic carbocycles. The third-order valence-corrected chi connectivity index (χ3v) is 6.80. The summed E-state index contributed by atoms with van der Waals surface area (Å²) in [5, 5.41) is 1.83. The van der Waals surface area contributed by atoms with E-state index in [1.807, 2.05) is 5.38 Å². The highest BCUT2D eigenvalue weighted by molar-refractivity contribution is 7.89. The van der Waals surface area contributed by atoms with Crippen LogP contribution >= 0.6 is 22.9 Å². The number of rotatable bonds is 10.